The first-order chi connectivity index (χ1) is 15.1. The molecule has 0 aromatic rings. The number of hydrogen-bond donors (Lipinski definition) is 2. The lowest BCUT2D eigenvalue weighted by molar-refractivity contribution is 0.0813. The molecule has 3 fully saturated rings. The smallest absolute Gasteiger partial charge is 0.127 e. The zero-order valence-electron chi connectivity index (χ0n) is 20.7. The van der Waals surface area contributed by atoms with Crippen LogP contribution in [0.2, 0.25) is 0 Å². The molecule has 6 atom stereocenters. The van der Waals surface area contributed by atoms with Gasteiger partial charge in [0, 0.05) is 6.42 Å². The number of rotatable bonds is 7. The monoisotopic (exact) mass is 444 g/mol. The summed E-state index contributed by atoms with van der Waals surface area (Å²) in [5, 5.41) is 20.5. The van der Waals surface area contributed by atoms with Crippen LogP contribution in [0, 0.1) is 23.2 Å². The summed E-state index contributed by atoms with van der Waals surface area (Å²) in [6.07, 6.45) is 16.1. The number of aliphatic hydroxyl groups excluding tert-OH is 1. The topological polar surface area (TPSA) is 40.5 Å². The van der Waals surface area contributed by atoms with E-state index in [-0.39, 0.29) is 6.42 Å². The van der Waals surface area contributed by atoms with Crippen molar-refractivity contribution in [2.24, 2.45) is 23.2 Å². The van der Waals surface area contributed by atoms with E-state index in [1.807, 2.05) is 26.0 Å². The second kappa shape index (κ2) is 10.4. The normalized spacial score (nSPS) is 37.4. The summed E-state index contributed by atoms with van der Waals surface area (Å²) in [6, 6.07) is 0. The van der Waals surface area contributed by atoms with Crippen molar-refractivity contribution in [3.8, 4) is 0 Å². The quantitative estimate of drug-likeness (QED) is 0.406. The molecule has 0 aromatic heterocycles. The van der Waals surface area contributed by atoms with Crippen LogP contribution < -0.4 is 0 Å². The number of allylic oxidation sites excluding steroid dienone is 5. The minimum atomic E-state index is -1.12. The van der Waals surface area contributed by atoms with Gasteiger partial charge >= 0.3 is 0 Å². The van der Waals surface area contributed by atoms with Gasteiger partial charge in [0.2, 0.25) is 0 Å². The van der Waals surface area contributed by atoms with Crippen LogP contribution in [0.1, 0.15) is 91.9 Å². The summed E-state index contributed by atoms with van der Waals surface area (Å²) in [5.74, 6) is 1.87. The molecule has 3 aliphatic carbocycles. The molecule has 0 amide bonds. The fourth-order valence-electron chi connectivity index (χ4n) is 6.80. The Labute approximate surface area is 195 Å². The molecule has 0 aliphatic heterocycles. The highest BCUT2D eigenvalue weighted by Gasteiger charge is 2.50. The molecule has 0 radical (unpaired) electrons. The number of fused-ring (bicyclic) bond motifs is 1. The molecule has 0 saturated heterocycles. The van der Waals surface area contributed by atoms with Crippen LogP contribution in [0.4, 0.5) is 4.39 Å². The number of aliphatic hydroxyl groups is 2. The van der Waals surface area contributed by atoms with Gasteiger partial charge in [0.15, 0.2) is 0 Å². The van der Waals surface area contributed by atoms with E-state index in [4.69, 9.17) is 0 Å². The van der Waals surface area contributed by atoms with Crippen LogP contribution in [0.5, 0.6) is 0 Å². The first-order valence-electron chi connectivity index (χ1n) is 12.9. The summed E-state index contributed by atoms with van der Waals surface area (Å²) in [5.41, 5.74) is 2.59. The van der Waals surface area contributed by atoms with Crippen molar-refractivity contribution in [2.45, 2.75) is 110 Å². The van der Waals surface area contributed by atoms with Crippen LogP contribution in [0.15, 0.2) is 47.6 Å². The Kier molecular flexibility index (Phi) is 8.25. The molecule has 0 spiro atoms. The van der Waals surface area contributed by atoms with E-state index in [9.17, 15) is 14.6 Å². The van der Waals surface area contributed by atoms with Crippen molar-refractivity contribution >= 4 is 0 Å². The van der Waals surface area contributed by atoms with Crippen molar-refractivity contribution in [2.75, 3.05) is 0 Å². The van der Waals surface area contributed by atoms with E-state index >= 15 is 0 Å². The second-order valence-electron chi connectivity index (χ2n) is 11.0. The van der Waals surface area contributed by atoms with Gasteiger partial charge < -0.3 is 10.2 Å². The minimum absolute atomic E-state index is 0.176. The zero-order chi connectivity index (χ0) is 23.5. The van der Waals surface area contributed by atoms with Crippen LogP contribution in [0.25, 0.3) is 0 Å². The van der Waals surface area contributed by atoms with Gasteiger partial charge in [0.05, 0.1) is 11.7 Å². The average molecular weight is 445 g/mol. The maximum absolute atomic E-state index is 14.1. The lowest BCUT2D eigenvalue weighted by atomic mass is 9.61. The van der Waals surface area contributed by atoms with Gasteiger partial charge in [-0.3, -0.25) is 0 Å². The second-order valence-corrected chi connectivity index (χ2v) is 11.0. The van der Waals surface area contributed by atoms with Gasteiger partial charge in [-0.1, -0.05) is 64.2 Å². The predicted molar refractivity (Wildman–Crippen MR) is 132 cm³/mol. The van der Waals surface area contributed by atoms with Gasteiger partial charge in [0.25, 0.3) is 0 Å². The van der Waals surface area contributed by atoms with E-state index in [0.29, 0.717) is 35.2 Å². The van der Waals surface area contributed by atoms with Crippen molar-refractivity contribution in [3.05, 3.63) is 47.6 Å². The number of halogens is 1. The molecule has 180 valence electrons. The van der Waals surface area contributed by atoms with E-state index in [2.05, 4.69) is 32.6 Å². The summed E-state index contributed by atoms with van der Waals surface area (Å²) in [7, 11) is 0. The maximum atomic E-state index is 14.1. The molecule has 3 aliphatic rings. The molecule has 32 heavy (non-hydrogen) atoms. The van der Waals surface area contributed by atoms with Gasteiger partial charge in [-0.05, 0) is 92.1 Å². The highest BCUT2D eigenvalue weighted by molar-refractivity contribution is 5.38. The Hall–Kier alpha value is -1.19. The number of hydrogen-bond acceptors (Lipinski definition) is 2. The summed E-state index contributed by atoms with van der Waals surface area (Å²) in [4.78, 5) is 0. The minimum Gasteiger partial charge on any atom is -0.393 e. The summed E-state index contributed by atoms with van der Waals surface area (Å²) >= 11 is 0. The van der Waals surface area contributed by atoms with E-state index in [1.54, 1.807) is 0 Å². The van der Waals surface area contributed by atoms with Crippen LogP contribution in [-0.4, -0.2) is 28.1 Å². The fraction of sp³-hybridized carbons (Fsp3) is 0.724. The Morgan fingerprint density at radius 1 is 1.25 bits per heavy atom. The molecular weight excluding hydrogens is 399 g/mol. The third kappa shape index (κ3) is 5.30. The molecule has 0 heterocycles. The highest BCUT2D eigenvalue weighted by Crippen LogP contribution is 2.59. The Balaban J connectivity index is 1.72. The van der Waals surface area contributed by atoms with E-state index in [0.717, 1.165) is 31.3 Å². The Morgan fingerprint density at radius 3 is 2.66 bits per heavy atom. The average Bonchev–Trinajstić information content (AvgIpc) is 3.12. The molecular formula is C29H45FO2. The molecule has 3 heteroatoms. The van der Waals surface area contributed by atoms with Crippen LogP contribution >= 0.6 is 0 Å². The van der Waals surface area contributed by atoms with E-state index < -0.39 is 17.9 Å². The SMILES string of the molecule is C=C1C(=CC=C2CCC[C@]3(C)C([C@@H](C)CC=CC(O)(CC)CC)CC[C@@H]23)C[C@@H](O)C[C@@H]1F. The molecule has 1 unspecified atom stereocenters. The van der Waals surface area contributed by atoms with Gasteiger partial charge in [-0.25, -0.2) is 4.39 Å². The lowest BCUT2D eigenvalue weighted by Crippen LogP contribution is -2.36. The zero-order valence-corrected chi connectivity index (χ0v) is 20.7. The largest absolute Gasteiger partial charge is 0.393 e. The Morgan fingerprint density at radius 2 is 1.97 bits per heavy atom. The molecule has 0 aromatic carbocycles. The van der Waals surface area contributed by atoms with Gasteiger partial charge in [-0.2, -0.15) is 0 Å². The summed E-state index contributed by atoms with van der Waals surface area (Å²) in [6.45, 7) is 12.9. The molecule has 3 rings (SSSR count). The first-order valence-corrected chi connectivity index (χ1v) is 12.9. The maximum Gasteiger partial charge on any atom is 0.127 e. The third-order valence-corrected chi connectivity index (χ3v) is 9.11. The molecule has 2 nitrogen and oxygen atoms in total. The lowest BCUT2D eigenvalue weighted by Gasteiger charge is -2.44. The molecule has 2 N–H and O–H groups in total. The van der Waals surface area contributed by atoms with Crippen molar-refractivity contribution in [3.63, 3.8) is 0 Å². The van der Waals surface area contributed by atoms with E-state index in [1.165, 1.54) is 31.3 Å². The van der Waals surface area contributed by atoms with Crippen LogP contribution in [-0.2, 0) is 0 Å². The van der Waals surface area contributed by atoms with Gasteiger partial charge in [0.1, 0.15) is 6.17 Å². The third-order valence-electron chi connectivity index (χ3n) is 9.11. The number of alkyl halides is 1. The standard InChI is InChI=1S/C29H45FO2/c1-6-29(32,7-2)17-8-10-20(3)25-14-15-26-22(11-9-16-28(25,26)5)12-13-23-18-24(31)19-27(30)21(23)4/h8,12-13,17,20,24-27,31-32H,4,6-7,9-11,14-16,18-19H2,1-3,5H3/t20-,24+,25?,26-,27-,28+/m0/s1. The van der Waals surface area contributed by atoms with Crippen molar-refractivity contribution < 1.29 is 14.6 Å². The fourth-order valence-corrected chi connectivity index (χ4v) is 6.80. The molecule has 3 saturated carbocycles. The van der Waals surface area contributed by atoms with Gasteiger partial charge in [-0.15, -0.1) is 0 Å². The summed E-state index contributed by atoms with van der Waals surface area (Å²) < 4.78 is 14.1. The highest BCUT2D eigenvalue weighted by atomic mass is 19.1. The van der Waals surface area contributed by atoms with Crippen LogP contribution in [0.3, 0.4) is 0 Å². The van der Waals surface area contributed by atoms with Crippen molar-refractivity contribution in [1.29, 1.82) is 0 Å². The predicted octanol–water partition coefficient (Wildman–Crippen LogP) is 7.24. The molecule has 0 bridgehead atoms. The Bertz CT molecular complexity index is 759. The van der Waals surface area contributed by atoms with Crippen molar-refractivity contribution in [1.82, 2.24) is 0 Å². The first kappa shape index (κ1) is 25.4.